The molecule has 442 valence electrons. The summed E-state index contributed by atoms with van der Waals surface area (Å²) in [5, 5.41) is 16.7. The minimum atomic E-state index is -4.52. The van der Waals surface area contributed by atoms with Crippen molar-refractivity contribution >= 4 is 102 Å². The van der Waals surface area contributed by atoms with Gasteiger partial charge in [0, 0.05) is 51.7 Å². The van der Waals surface area contributed by atoms with Crippen LogP contribution >= 0.6 is 0 Å². The first-order valence-electron chi connectivity index (χ1n) is 25.4. The highest BCUT2D eigenvalue weighted by Gasteiger charge is 2.30. The first-order chi connectivity index (χ1) is 38.9. The minimum absolute atomic E-state index is 0.0171. The smallest absolute Gasteiger partial charge is 0.296 e. The number of anilines is 6. The molecule has 0 heterocycles. The molecule has 83 heavy (non-hydrogen) atoms. The summed E-state index contributed by atoms with van der Waals surface area (Å²) in [6, 6.07) is 30.9. The molecule has 0 amide bonds. The summed E-state index contributed by atoms with van der Waals surface area (Å²) < 4.78 is 138. The summed E-state index contributed by atoms with van der Waals surface area (Å²) >= 11 is 0. The van der Waals surface area contributed by atoms with Crippen molar-refractivity contribution < 1.29 is 61.4 Å². The van der Waals surface area contributed by atoms with Crippen molar-refractivity contribution in [1.82, 2.24) is 5.32 Å². The van der Waals surface area contributed by atoms with Gasteiger partial charge in [-0.3, -0.25) is 18.2 Å². The van der Waals surface area contributed by atoms with Crippen molar-refractivity contribution in [3.63, 3.8) is 0 Å². The maximum atomic E-state index is 12.0. The third kappa shape index (κ3) is 18.7. The summed E-state index contributed by atoms with van der Waals surface area (Å²) in [5.74, 6) is -0.494. The van der Waals surface area contributed by atoms with Crippen LogP contribution in [-0.4, -0.2) is 77.1 Å². The number of nitrogens with zero attached hydrogens (tertiary/aromatic N) is 2. The summed E-state index contributed by atoms with van der Waals surface area (Å²) in [6.07, 6.45) is 7.79. The normalized spacial score (nSPS) is 14.3. The van der Waals surface area contributed by atoms with E-state index in [-0.39, 0.29) is 46.4 Å². The number of methoxy groups -OCH3 is 1. The number of allylic oxidation sites excluding steroid dienone is 6. The number of hydrogen-bond acceptors (Lipinski definition) is 18. The van der Waals surface area contributed by atoms with E-state index in [4.69, 9.17) is 41.5 Å². The molecule has 0 fully saturated rings. The van der Waals surface area contributed by atoms with Crippen molar-refractivity contribution in [1.29, 1.82) is 0 Å². The molecular weight excluding hydrogens is 1150 g/mol. The Hall–Kier alpha value is -8.08. The van der Waals surface area contributed by atoms with Crippen LogP contribution in [0.1, 0.15) is 53.5 Å². The molecule has 0 bridgehead atoms. The number of hydrogen-bond donors (Lipinski definition) is 10. The molecule has 6 aromatic rings. The fourth-order valence-corrected chi connectivity index (χ4v) is 11.0. The van der Waals surface area contributed by atoms with Crippen molar-refractivity contribution in [3.8, 4) is 5.75 Å². The maximum absolute atomic E-state index is 12.0. The molecule has 0 saturated carbocycles. The molecule has 0 radical (unpaired) electrons. The highest BCUT2D eigenvalue weighted by atomic mass is 32.2. The van der Waals surface area contributed by atoms with E-state index in [1.54, 1.807) is 74.7 Å². The number of rotatable bonds is 20. The zero-order valence-electron chi connectivity index (χ0n) is 45.8. The zero-order valence-corrected chi connectivity index (χ0v) is 49.0. The molecule has 26 heteroatoms. The van der Waals surface area contributed by atoms with Crippen LogP contribution in [0.25, 0.3) is 16.5 Å². The largest absolute Gasteiger partial charge is 0.495 e. The van der Waals surface area contributed by atoms with Crippen LogP contribution in [0, 0.1) is 26.7 Å². The van der Waals surface area contributed by atoms with Gasteiger partial charge in [-0.2, -0.15) is 43.9 Å². The van der Waals surface area contributed by atoms with E-state index in [0.29, 0.717) is 81.4 Å². The quantitative estimate of drug-likeness (QED) is 0.0147. The van der Waals surface area contributed by atoms with Gasteiger partial charge in [0.15, 0.2) is 0 Å². The first kappa shape index (κ1) is 64.1. The van der Waals surface area contributed by atoms with Crippen LogP contribution in [-0.2, 0) is 51.6 Å². The van der Waals surface area contributed by atoms with Crippen molar-refractivity contribution in [3.05, 3.63) is 184 Å². The van der Waals surface area contributed by atoms with E-state index in [1.165, 1.54) is 12.1 Å². The SMILES string of the molecule is C=C(NC1=CC2CC(S(=O)(=O)O)=CC(OCCCS(=O)(=O)O)=C2C=C1)c1ccc(N=Nc2cc(CCCCS(=O)(=O)O)c(N)cc2C)cc1.COc1cc(N)c(C)cc1N.Cc1c(N)c(S(=O)(=O)O)cc2cc(Nc3ccccc3)ccc12. The first-order valence-corrected chi connectivity index (χ1v) is 31.5. The van der Waals surface area contributed by atoms with Gasteiger partial charge in [0.25, 0.3) is 40.5 Å². The standard InChI is InChI=1S/C32H38N4O10S3.C17H16N2O3S.C8H12N2O/c1-21-16-30(33)24(6-3-4-14-47(37,38)39)19-31(21)36-35-26-9-7-23(8-10-26)22(2)34-27-11-12-29-25(17-27)18-28(49(43,44)45)20-32(29)46-13-5-15-48(40,41)42;1-11-15-8-7-14(19-13-5-3-2-4-6-13)9-12(15)10-16(17(11)18)23(20,21)22;1-5-3-7(10)8(11-2)4-6(5)9/h7-12,16-17,19-20,25,34H,2-6,13-15,18,33H2,1H3,(H,37,38,39)(H,40,41,42)(H,43,44,45);2-10,19H,18H2,1H3,(H,20,21,22);3-4H,9-10H2,1-2H3. The summed E-state index contributed by atoms with van der Waals surface area (Å²) in [6.45, 7) is 9.50. The molecule has 6 aromatic carbocycles. The van der Waals surface area contributed by atoms with Gasteiger partial charge in [-0.1, -0.05) is 55.1 Å². The Morgan fingerprint density at radius 2 is 1.36 bits per heavy atom. The van der Waals surface area contributed by atoms with Crippen LogP contribution in [0.15, 0.2) is 171 Å². The van der Waals surface area contributed by atoms with Crippen LogP contribution in [0.2, 0.25) is 0 Å². The molecule has 22 nitrogen and oxygen atoms in total. The van der Waals surface area contributed by atoms with E-state index in [1.807, 2.05) is 68.4 Å². The lowest BCUT2D eigenvalue weighted by Crippen LogP contribution is -2.21. The number of nitrogen functional groups attached to an aromatic ring is 4. The Balaban J connectivity index is 0.000000264. The van der Waals surface area contributed by atoms with Gasteiger partial charge in [-0.05, 0) is 164 Å². The fraction of sp³-hybridized carbons (Fsp3) is 0.228. The van der Waals surface area contributed by atoms with E-state index < -0.39 is 52.1 Å². The number of nitrogens with one attached hydrogen (secondary N) is 2. The topological polar surface area (TPSA) is 389 Å². The molecule has 1 unspecified atom stereocenters. The number of azo groups is 1. The number of ether oxygens (including phenoxy) is 2. The lowest BCUT2D eigenvalue weighted by atomic mass is 9.86. The number of benzene rings is 6. The molecular formula is C57H66N8O14S4. The van der Waals surface area contributed by atoms with Crippen LogP contribution in [0.5, 0.6) is 5.75 Å². The van der Waals surface area contributed by atoms with Gasteiger partial charge < -0.3 is 43.0 Å². The fourth-order valence-electron chi connectivity index (χ4n) is 8.64. The number of para-hydroxylation sites is 1. The molecule has 0 aromatic heterocycles. The lowest BCUT2D eigenvalue weighted by Gasteiger charge is -2.27. The Morgan fingerprint density at radius 3 is 2.00 bits per heavy atom. The average Bonchev–Trinajstić information content (AvgIpc) is 3.47. The van der Waals surface area contributed by atoms with Crippen LogP contribution in [0.3, 0.4) is 0 Å². The van der Waals surface area contributed by atoms with Crippen molar-refractivity contribution in [2.45, 2.75) is 57.8 Å². The lowest BCUT2D eigenvalue weighted by molar-refractivity contribution is 0.218. The Labute approximate surface area is 483 Å². The summed E-state index contributed by atoms with van der Waals surface area (Å²) in [4.78, 5) is -0.513. The van der Waals surface area contributed by atoms with Crippen LogP contribution < -0.4 is 38.3 Å². The molecule has 1 atom stereocenters. The number of fused-ring (bicyclic) bond motifs is 2. The van der Waals surface area contributed by atoms with Gasteiger partial charge in [0.05, 0.1) is 52.9 Å². The Morgan fingerprint density at radius 1 is 0.699 bits per heavy atom. The van der Waals surface area contributed by atoms with Gasteiger partial charge >= 0.3 is 0 Å². The molecule has 0 spiro atoms. The number of aryl methyl sites for hydroxylation is 4. The van der Waals surface area contributed by atoms with E-state index >= 15 is 0 Å². The molecule has 2 aliphatic carbocycles. The van der Waals surface area contributed by atoms with Crippen molar-refractivity contribution in [2.75, 3.05) is 53.5 Å². The van der Waals surface area contributed by atoms with Gasteiger partial charge in [-0.25, -0.2) is 0 Å². The highest BCUT2D eigenvalue weighted by Crippen LogP contribution is 2.38. The molecule has 14 N–H and O–H groups in total. The maximum Gasteiger partial charge on any atom is 0.296 e. The third-order valence-electron chi connectivity index (χ3n) is 13.1. The van der Waals surface area contributed by atoms with E-state index in [2.05, 4.69) is 27.4 Å². The monoisotopic (exact) mass is 1210 g/mol. The Kier molecular flexibility index (Phi) is 21.1. The predicted molar refractivity (Wildman–Crippen MR) is 326 cm³/mol. The second kappa shape index (κ2) is 27.3. The summed E-state index contributed by atoms with van der Waals surface area (Å²) in [5.41, 5.74) is 33.9. The molecule has 0 saturated heterocycles. The predicted octanol–water partition coefficient (Wildman–Crippen LogP) is 10.4. The molecule has 2 aliphatic rings. The third-order valence-corrected chi connectivity index (χ3v) is 16.5. The summed E-state index contributed by atoms with van der Waals surface area (Å²) in [7, 11) is -15.5. The second-order valence-electron chi connectivity index (χ2n) is 19.4. The minimum Gasteiger partial charge on any atom is -0.495 e. The zero-order chi connectivity index (χ0) is 61.0. The average molecular weight is 1220 g/mol. The number of nitrogens with two attached hydrogens (primary N) is 4. The van der Waals surface area contributed by atoms with Gasteiger partial charge in [0.1, 0.15) is 16.4 Å². The molecule has 0 aliphatic heterocycles. The Bertz CT molecular complexity index is 4040. The van der Waals surface area contributed by atoms with Gasteiger partial charge in [-0.15, -0.1) is 0 Å². The second-order valence-corrected chi connectivity index (χ2v) is 25.4. The van der Waals surface area contributed by atoms with E-state index in [0.717, 1.165) is 39.0 Å². The van der Waals surface area contributed by atoms with E-state index in [9.17, 15) is 42.8 Å². The van der Waals surface area contributed by atoms with Gasteiger partial charge in [0.2, 0.25) is 0 Å². The molecule has 8 rings (SSSR count). The highest BCUT2D eigenvalue weighted by molar-refractivity contribution is 7.89. The number of unbranched alkanes of at least 4 members (excludes halogenated alkanes) is 1. The van der Waals surface area contributed by atoms with Crippen LogP contribution in [0.4, 0.5) is 45.5 Å². The van der Waals surface area contributed by atoms with Crippen molar-refractivity contribution in [2.24, 2.45) is 16.1 Å².